The van der Waals surface area contributed by atoms with E-state index in [-0.39, 0.29) is 12.4 Å². The first-order valence-corrected chi connectivity index (χ1v) is 3.63. The molecule has 1 rings (SSSR count). The van der Waals surface area contributed by atoms with Crippen LogP contribution >= 0.6 is 12.4 Å². The first-order valence-electron chi connectivity index (χ1n) is 3.63. The topological polar surface area (TPSA) is 35.2 Å². The first kappa shape index (κ1) is 10.2. The predicted octanol–water partition coefficient (Wildman–Crippen LogP) is 1.32. The zero-order chi connectivity index (χ0) is 6.69. The lowest BCUT2D eigenvalue weighted by molar-refractivity contribution is 0.0545. The van der Waals surface area contributed by atoms with Gasteiger partial charge in [0.2, 0.25) is 0 Å². The highest BCUT2D eigenvalue weighted by Crippen LogP contribution is 2.18. The molecular weight excluding hydrogens is 150 g/mol. The number of hydrogen-bond acceptors (Lipinski definition) is 2. The Morgan fingerprint density at radius 2 is 1.90 bits per heavy atom. The highest BCUT2D eigenvalue weighted by Gasteiger charge is 2.20. The summed E-state index contributed by atoms with van der Waals surface area (Å²) in [5, 5.41) is 0. The van der Waals surface area contributed by atoms with Crippen LogP contribution in [0, 0.1) is 0 Å². The zero-order valence-electron chi connectivity index (χ0n) is 6.38. The van der Waals surface area contributed by atoms with E-state index in [2.05, 4.69) is 0 Å². The Morgan fingerprint density at radius 3 is 2.30 bits per heavy atom. The Kier molecular flexibility index (Phi) is 5.04. The van der Waals surface area contributed by atoms with Gasteiger partial charge in [0.25, 0.3) is 0 Å². The van der Waals surface area contributed by atoms with E-state index in [1.807, 2.05) is 0 Å². The van der Waals surface area contributed by atoms with Crippen LogP contribution in [0.25, 0.3) is 0 Å². The maximum atomic E-state index is 5.76. The van der Waals surface area contributed by atoms with E-state index >= 15 is 0 Å². The monoisotopic (exact) mass is 165 g/mol. The van der Waals surface area contributed by atoms with Gasteiger partial charge in [-0.3, -0.25) is 0 Å². The molecule has 0 heterocycles. The number of ether oxygens (including phenoxy) is 1. The fraction of sp³-hybridized carbons (Fsp3) is 1.00. The summed E-state index contributed by atoms with van der Waals surface area (Å²) in [6.07, 6.45) is 5.18. The summed E-state index contributed by atoms with van der Waals surface area (Å²) >= 11 is 0. The molecule has 62 valence electrons. The number of nitrogens with two attached hydrogens (primary N) is 1. The van der Waals surface area contributed by atoms with Crippen molar-refractivity contribution in [2.75, 3.05) is 7.11 Å². The van der Waals surface area contributed by atoms with Gasteiger partial charge in [-0.15, -0.1) is 12.4 Å². The molecule has 1 saturated carbocycles. The highest BCUT2D eigenvalue weighted by atomic mass is 35.5. The summed E-state index contributed by atoms with van der Waals surface area (Å²) < 4.78 is 5.18. The lowest BCUT2D eigenvalue weighted by atomic mass is 9.93. The smallest absolute Gasteiger partial charge is 0.0722 e. The number of rotatable bonds is 1. The van der Waals surface area contributed by atoms with Gasteiger partial charge in [0, 0.05) is 13.2 Å². The maximum absolute atomic E-state index is 5.76. The van der Waals surface area contributed by atoms with Crippen LogP contribution in [0.15, 0.2) is 0 Å². The van der Waals surface area contributed by atoms with Crippen molar-refractivity contribution in [1.29, 1.82) is 0 Å². The maximum Gasteiger partial charge on any atom is 0.0722 e. The fourth-order valence-electron chi connectivity index (χ4n) is 1.42. The van der Waals surface area contributed by atoms with Crippen LogP contribution in [0.5, 0.6) is 0 Å². The molecule has 1 aliphatic rings. The molecule has 0 spiro atoms. The predicted molar refractivity (Wildman–Crippen MR) is 44.5 cm³/mol. The second kappa shape index (κ2) is 4.94. The molecule has 0 aliphatic heterocycles. The third-order valence-corrected chi connectivity index (χ3v) is 2.06. The van der Waals surface area contributed by atoms with E-state index in [1.165, 1.54) is 12.8 Å². The number of hydrogen-bond donors (Lipinski definition) is 1. The summed E-state index contributed by atoms with van der Waals surface area (Å²) in [6.45, 7) is 0. The summed E-state index contributed by atoms with van der Waals surface area (Å²) in [5.41, 5.74) is 5.76. The van der Waals surface area contributed by atoms with Gasteiger partial charge in [-0.2, -0.15) is 0 Å². The highest BCUT2D eigenvalue weighted by molar-refractivity contribution is 5.85. The van der Waals surface area contributed by atoms with Crippen molar-refractivity contribution in [3.63, 3.8) is 0 Å². The molecule has 0 saturated heterocycles. The normalized spacial score (nSPS) is 33.0. The molecule has 2 N–H and O–H groups in total. The van der Waals surface area contributed by atoms with Gasteiger partial charge in [0.1, 0.15) is 0 Å². The number of methoxy groups -OCH3 is 1. The minimum absolute atomic E-state index is 0. The second-order valence-corrected chi connectivity index (χ2v) is 2.72. The molecule has 10 heavy (non-hydrogen) atoms. The largest absolute Gasteiger partial charge is 0.380 e. The molecule has 0 aromatic rings. The molecule has 0 unspecified atom stereocenters. The van der Waals surface area contributed by atoms with Crippen LogP contribution in [-0.2, 0) is 4.74 Å². The molecule has 0 aromatic carbocycles. The van der Waals surface area contributed by atoms with Gasteiger partial charge < -0.3 is 10.5 Å². The molecule has 1 aliphatic carbocycles. The second-order valence-electron chi connectivity index (χ2n) is 2.72. The van der Waals surface area contributed by atoms with Gasteiger partial charge in [-0.25, -0.2) is 0 Å². The van der Waals surface area contributed by atoms with Gasteiger partial charge in [-0.1, -0.05) is 12.8 Å². The van der Waals surface area contributed by atoms with Crippen molar-refractivity contribution in [3.8, 4) is 0 Å². The molecule has 2 atom stereocenters. The van der Waals surface area contributed by atoms with E-state index in [0.717, 1.165) is 12.8 Å². The Hall–Kier alpha value is 0.210. The van der Waals surface area contributed by atoms with Crippen molar-refractivity contribution in [3.05, 3.63) is 0 Å². The van der Waals surface area contributed by atoms with Gasteiger partial charge in [0.15, 0.2) is 0 Å². The Morgan fingerprint density at radius 1 is 1.30 bits per heavy atom. The van der Waals surface area contributed by atoms with Crippen LogP contribution in [0.3, 0.4) is 0 Å². The minimum Gasteiger partial charge on any atom is -0.380 e. The van der Waals surface area contributed by atoms with Crippen LogP contribution in [0.2, 0.25) is 0 Å². The zero-order valence-corrected chi connectivity index (χ0v) is 7.19. The summed E-state index contributed by atoms with van der Waals surface area (Å²) in [5.74, 6) is 0. The average Bonchev–Trinajstić information content (AvgIpc) is 1.89. The van der Waals surface area contributed by atoms with E-state index in [4.69, 9.17) is 10.5 Å². The molecule has 2 nitrogen and oxygen atoms in total. The Bertz CT molecular complexity index is 89.7. The SMILES string of the molecule is CO[C@H]1CCCC[C@@H]1N.Cl. The fourth-order valence-corrected chi connectivity index (χ4v) is 1.42. The van der Waals surface area contributed by atoms with Crippen molar-refractivity contribution in [2.45, 2.75) is 37.8 Å². The molecule has 0 radical (unpaired) electrons. The third kappa shape index (κ3) is 2.45. The molecule has 0 aromatic heterocycles. The summed E-state index contributed by atoms with van der Waals surface area (Å²) in [6, 6.07) is 0.295. The Labute approximate surface area is 68.5 Å². The van der Waals surface area contributed by atoms with E-state index < -0.39 is 0 Å². The van der Waals surface area contributed by atoms with Crippen molar-refractivity contribution in [1.82, 2.24) is 0 Å². The minimum atomic E-state index is 0. The Balaban J connectivity index is 0.000000810. The van der Waals surface area contributed by atoms with Gasteiger partial charge in [0.05, 0.1) is 6.10 Å². The molecular formula is C7H16ClNO. The van der Waals surface area contributed by atoms with Crippen molar-refractivity contribution < 1.29 is 4.74 Å². The van der Waals surface area contributed by atoms with Crippen molar-refractivity contribution >= 4 is 12.4 Å². The molecule has 0 bridgehead atoms. The summed E-state index contributed by atoms with van der Waals surface area (Å²) in [7, 11) is 1.75. The van der Waals surface area contributed by atoms with E-state index in [0.29, 0.717) is 12.1 Å². The van der Waals surface area contributed by atoms with Gasteiger partial charge >= 0.3 is 0 Å². The number of halogens is 1. The van der Waals surface area contributed by atoms with E-state index in [9.17, 15) is 0 Å². The molecule has 1 fully saturated rings. The van der Waals surface area contributed by atoms with Crippen molar-refractivity contribution in [2.24, 2.45) is 5.73 Å². The van der Waals surface area contributed by atoms with Crippen LogP contribution in [0.4, 0.5) is 0 Å². The van der Waals surface area contributed by atoms with Crippen LogP contribution in [0.1, 0.15) is 25.7 Å². The first-order chi connectivity index (χ1) is 4.34. The molecule has 0 amide bonds. The van der Waals surface area contributed by atoms with Crippen LogP contribution < -0.4 is 5.73 Å². The standard InChI is InChI=1S/C7H15NO.ClH/c1-9-7-5-3-2-4-6(7)8;/h6-7H,2-5,8H2,1H3;1H/t6-,7-;/m0./s1. The van der Waals surface area contributed by atoms with E-state index in [1.54, 1.807) is 7.11 Å². The van der Waals surface area contributed by atoms with Crippen LogP contribution in [-0.4, -0.2) is 19.3 Å². The summed E-state index contributed by atoms with van der Waals surface area (Å²) in [4.78, 5) is 0. The third-order valence-electron chi connectivity index (χ3n) is 2.06. The van der Waals surface area contributed by atoms with Gasteiger partial charge in [-0.05, 0) is 12.8 Å². The lowest BCUT2D eigenvalue weighted by Crippen LogP contribution is -2.38. The molecule has 3 heteroatoms. The lowest BCUT2D eigenvalue weighted by Gasteiger charge is -2.26. The average molecular weight is 166 g/mol. The quantitative estimate of drug-likeness (QED) is 0.636.